The number of aryl methyl sites for hydroxylation is 1. The highest BCUT2D eigenvalue weighted by molar-refractivity contribution is 5.51. The van der Waals surface area contributed by atoms with Crippen LogP contribution >= 0.6 is 0 Å². The second kappa shape index (κ2) is 5.50. The molecular formula is C14H20FNO. The monoisotopic (exact) mass is 237 g/mol. The molecule has 0 aliphatic heterocycles. The van der Waals surface area contributed by atoms with Crippen molar-refractivity contribution in [2.75, 3.05) is 12.4 Å². The van der Waals surface area contributed by atoms with Crippen molar-refractivity contribution in [3.8, 4) is 0 Å². The maximum absolute atomic E-state index is 13.2. The number of halogens is 1. The van der Waals surface area contributed by atoms with Crippen LogP contribution in [0.2, 0.25) is 0 Å². The highest BCUT2D eigenvalue weighted by Gasteiger charge is 2.20. The summed E-state index contributed by atoms with van der Waals surface area (Å²) in [5, 5.41) is 3.44. The van der Waals surface area contributed by atoms with Crippen molar-refractivity contribution >= 4 is 5.69 Å². The zero-order valence-electron chi connectivity index (χ0n) is 10.5. The van der Waals surface area contributed by atoms with Crippen LogP contribution in [0, 0.1) is 12.7 Å². The molecule has 0 saturated heterocycles. The van der Waals surface area contributed by atoms with Crippen molar-refractivity contribution in [2.24, 2.45) is 0 Å². The molecule has 1 aromatic rings. The molecule has 0 spiro atoms. The van der Waals surface area contributed by atoms with E-state index in [-0.39, 0.29) is 5.82 Å². The molecule has 3 heteroatoms. The van der Waals surface area contributed by atoms with Crippen LogP contribution < -0.4 is 5.32 Å². The lowest BCUT2D eigenvalue weighted by molar-refractivity contribution is 0.0682. The molecule has 0 aromatic heterocycles. The Morgan fingerprint density at radius 3 is 2.59 bits per heavy atom. The van der Waals surface area contributed by atoms with Gasteiger partial charge in [0, 0.05) is 18.8 Å². The van der Waals surface area contributed by atoms with Gasteiger partial charge in [0.1, 0.15) is 5.82 Å². The maximum Gasteiger partial charge on any atom is 0.125 e. The van der Waals surface area contributed by atoms with Gasteiger partial charge >= 0.3 is 0 Å². The average Bonchev–Trinajstić information content (AvgIpc) is 2.35. The molecule has 1 N–H and O–H groups in total. The Bertz CT molecular complexity index is 372. The van der Waals surface area contributed by atoms with E-state index in [0.29, 0.717) is 12.1 Å². The summed E-state index contributed by atoms with van der Waals surface area (Å²) in [7, 11) is 1.77. The van der Waals surface area contributed by atoms with Gasteiger partial charge in [0.15, 0.2) is 0 Å². The molecule has 0 radical (unpaired) electrons. The third kappa shape index (κ3) is 3.19. The van der Waals surface area contributed by atoms with E-state index in [2.05, 4.69) is 5.32 Å². The summed E-state index contributed by atoms with van der Waals surface area (Å²) in [5.74, 6) is -0.177. The molecule has 17 heavy (non-hydrogen) atoms. The lowest BCUT2D eigenvalue weighted by Gasteiger charge is -2.29. The van der Waals surface area contributed by atoms with Crippen LogP contribution in [0.15, 0.2) is 18.2 Å². The molecule has 0 unspecified atom stereocenters. The van der Waals surface area contributed by atoms with Gasteiger partial charge in [0.2, 0.25) is 0 Å². The predicted molar refractivity (Wildman–Crippen MR) is 67.8 cm³/mol. The van der Waals surface area contributed by atoms with Gasteiger partial charge in [-0.15, -0.1) is 0 Å². The first-order valence-electron chi connectivity index (χ1n) is 6.24. The molecule has 0 atom stereocenters. The summed E-state index contributed by atoms with van der Waals surface area (Å²) in [6, 6.07) is 5.35. The molecule has 1 aromatic carbocycles. The number of methoxy groups -OCH3 is 1. The largest absolute Gasteiger partial charge is 0.382 e. The van der Waals surface area contributed by atoms with Crippen LogP contribution in [0.4, 0.5) is 10.1 Å². The smallest absolute Gasteiger partial charge is 0.125 e. The molecule has 1 aliphatic carbocycles. The fourth-order valence-electron chi connectivity index (χ4n) is 2.41. The summed E-state index contributed by atoms with van der Waals surface area (Å²) >= 11 is 0. The van der Waals surface area contributed by atoms with E-state index in [4.69, 9.17) is 4.74 Å². The molecule has 2 rings (SSSR count). The summed E-state index contributed by atoms with van der Waals surface area (Å²) in [4.78, 5) is 0. The third-order valence-electron chi connectivity index (χ3n) is 3.57. The van der Waals surface area contributed by atoms with Crippen molar-refractivity contribution in [3.63, 3.8) is 0 Å². The number of anilines is 1. The van der Waals surface area contributed by atoms with Gasteiger partial charge in [-0.05, 0) is 50.3 Å². The van der Waals surface area contributed by atoms with Crippen LogP contribution in [-0.4, -0.2) is 19.3 Å². The number of ether oxygens (including phenoxy) is 1. The summed E-state index contributed by atoms with van der Waals surface area (Å²) < 4.78 is 18.5. The zero-order valence-corrected chi connectivity index (χ0v) is 10.5. The minimum absolute atomic E-state index is 0.177. The van der Waals surface area contributed by atoms with Crippen molar-refractivity contribution in [1.29, 1.82) is 0 Å². The Morgan fingerprint density at radius 2 is 1.94 bits per heavy atom. The van der Waals surface area contributed by atoms with Gasteiger partial charge in [-0.1, -0.05) is 6.07 Å². The molecule has 0 bridgehead atoms. The SMILES string of the molecule is COC1CCC(Nc2cc(F)ccc2C)CC1. The highest BCUT2D eigenvalue weighted by Crippen LogP contribution is 2.25. The van der Waals surface area contributed by atoms with Crippen LogP contribution in [0.3, 0.4) is 0 Å². The van der Waals surface area contributed by atoms with E-state index in [0.717, 1.165) is 36.9 Å². The van der Waals surface area contributed by atoms with Gasteiger partial charge in [0.25, 0.3) is 0 Å². The quantitative estimate of drug-likeness (QED) is 0.868. The number of nitrogens with one attached hydrogen (secondary N) is 1. The van der Waals surface area contributed by atoms with Gasteiger partial charge in [-0.25, -0.2) is 4.39 Å². The van der Waals surface area contributed by atoms with Crippen molar-refractivity contribution in [1.82, 2.24) is 0 Å². The molecule has 94 valence electrons. The fourth-order valence-corrected chi connectivity index (χ4v) is 2.41. The van der Waals surface area contributed by atoms with E-state index in [9.17, 15) is 4.39 Å². The van der Waals surface area contributed by atoms with Gasteiger partial charge < -0.3 is 10.1 Å². The second-order valence-electron chi connectivity index (χ2n) is 4.81. The molecule has 2 nitrogen and oxygen atoms in total. The summed E-state index contributed by atoms with van der Waals surface area (Å²) in [6.45, 7) is 2.00. The molecule has 0 heterocycles. The van der Waals surface area contributed by atoms with Crippen molar-refractivity contribution in [3.05, 3.63) is 29.6 Å². The van der Waals surface area contributed by atoms with E-state index in [1.54, 1.807) is 13.2 Å². The first-order chi connectivity index (χ1) is 8.19. The number of benzene rings is 1. The molecular weight excluding hydrogens is 217 g/mol. The zero-order chi connectivity index (χ0) is 12.3. The van der Waals surface area contributed by atoms with Crippen LogP contribution in [-0.2, 0) is 4.74 Å². The lowest BCUT2D eigenvalue weighted by atomic mass is 9.92. The van der Waals surface area contributed by atoms with Crippen LogP contribution in [0.25, 0.3) is 0 Å². The van der Waals surface area contributed by atoms with E-state index in [1.165, 1.54) is 6.07 Å². The Morgan fingerprint density at radius 1 is 1.24 bits per heavy atom. The normalized spacial score (nSPS) is 24.6. The predicted octanol–water partition coefficient (Wildman–Crippen LogP) is 3.50. The minimum atomic E-state index is -0.177. The number of rotatable bonds is 3. The van der Waals surface area contributed by atoms with Gasteiger partial charge in [-0.2, -0.15) is 0 Å². The first-order valence-corrected chi connectivity index (χ1v) is 6.24. The Hall–Kier alpha value is -1.09. The van der Waals surface area contributed by atoms with E-state index >= 15 is 0 Å². The third-order valence-corrected chi connectivity index (χ3v) is 3.57. The topological polar surface area (TPSA) is 21.3 Å². The minimum Gasteiger partial charge on any atom is -0.382 e. The second-order valence-corrected chi connectivity index (χ2v) is 4.81. The molecule has 1 fully saturated rings. The van der Waals surface area contributed by atoms with Gasteiger partial charge in [-0.3, -0.25) is 0 Å². The lowest BCUT2D eigenvalue weighted by Crippen LogP contribution is -2.29. The molecule has 0 amide bonds. The van der Waals surface area contributed by atoms with E-state index in [1.807, 2.05) is 13.0 Å². The van der Waals surface area contributed by atoms with Crippen molar-refractivity contribution in [2.45, 2.75) is 44.8 Å². The van der Waals surface area contributed by atoms with Crippen LogP contribution in [0.5, 0.6) is 0 Å². The molecule has 1 saturated carbocycles. The number of hydrogen-bond donors (Lipinski definition) is 1. The van der Waals surface area contributed by atoms with Crippen molar-refractivity contribution < 1.29 is 9.13 Å². The fraction of sp³-hybridized carbons (Fsp3) is 0.571. The van der Waals surface area contributed by atoms with Crippen LogP contribution in [0.1, 0.15) is 31.2 Å². The maximum atomic E-state index is 13.2. The Labute approximate surface area is 102 Å². The van der Waals surface area contributed by atoms with Gasteiger partial charge in [0.05, 0.1) is 6.10 Å². The summed E-state index contributed by atoms with van der Waals surface area (Å²) in [6.07, 6.45) is 4.76. The van der Waals surface area contributed by atoms with E-state index < -0.39 is 0 Å². The summed E-state index contributed by atoms with van der Waals surface area (Å²) in [5.41, 5.74) is 2.02. The first kappa shape index (κ1) is 12.4. The number of hydrogen-bond acceptors (Lipinski definition) is 2. The highest BCUT2D eigenvalue weighted by atomic mass is 19.1. The molecule has 1 aliphatic rings. The average molecular weight is 237 g/mol. The Kier molecular flexibility index (Phi) is 4.00. The Balaban J connectivity index is 1.95. The standard InChI is InChI=1S/C14H20FNO/c1-10-3-4-11(15)9-14(10)16-12-5-7-13(17-2)8-6-12/h3-4,9,12-13,16H,5-8H2,1-2H3.